The molecule has 1 aliphatic heterocycles. The van der Waals surface area contributed by atoms with Crippen LogP contribution in [-0.2, 0) is 6.18 Å². The molecule has 0 spiro atoms. The summed E-state index contributed by atoms with van der Waals surface area (Å²) in [6, 6.07) is 5.89. The van der Waals surface area contributed by atoms with E-state index in [0.29, 0.717) is 10.2 Å². The summed E-state index contributed by atoms with van der Waals surface area (Å²) < 4.78 is 39.5. The van der Waals surface area contributed by atoms with Gasteiger partial charge in [-0.2, -0.15) is 23.4 Å². The van der Waals surface area contributed by atoms with Crippen LogP contribution >= 0.6 is 23.2 Å². The molecule has 2 N–H and O–H groups in total. The molecule has 0 atom stereocenters. The standard InChI is InChI=1S/C14H8Cl2F3N3O2/c15-8-5-10-12(6-9(8)16)22(24)21(13(23)20-10)11-4-2-1-3-7(11)14(17,18)19/h1-6,24H,(H,20,23). The Bertz CT molecular complexity index is 829. The fourth-order valence-electron chi connectivity index (χ4n) is 2.27. The van der Waals surface area contributed by atoms with Crippen molar-refractivity contribution in [3.8, 4) is 0 Å². The number of para-hydroxylation sites is 1. The average Bonchev–Trinajstić information content (AvgIpc) is 2.49. The Hall–Kier alpha value is -2.16. The summed E-state index contributed by atoms with van der Waals surface area (Å²) in [6.07, 6.45) is -4.71. The fourth-order valence-corrected chi connectivity index (χ4v) is 2.59. The summed E-state index contributed by atoms with van der Waals surface area (Å²) >= 11 is 11.7. The van der Waals surface area contributed by atoms with Gasteiger partial charge in [0.15, 0.2) is 0 Å². The Kier molecular flexibility index (Phi) is 3.98. The van der Waals surface area contributed by atoms with Gasteiger partial charge in [-0.1, -0.05) is 35.3 Å². The molecule has 3 rings (SSSR count). The molecule has 5 nitrogen and oxygen atoms in total. The highest BCUT2D eigenvalue weighted by Crippen LogP contribution is 2.42. The molecule has 10 heteroatoms. The molecule has 126 valence electrons. The number of hydrogen-bond acceptors (Lipinski definition) is 3. The minimum Gasteiger partial charge on any atom is -0.304 e. The minimum atomic E-state index is -4.71. The lowest BCUT2D eigenvalue weighted by atomic mass is 10.1. The number of fused-ring (bicyclic) bond motifs is 1. The van der Waals surface area contributed by atoms with Crippen LogP contribution < -0.4 is 15.5 Å². The van der Waals surface area contributed by atoms with Gasteiger partial charge in [-0.15, -0.1) is 0 Å². The van der Waals surface area contributed by atoms with Crippen molar-refractivity contribution in [3.05, 3.63) is 52.0 Å². The normalized spacial score (nSPS) is 14.5. The summed E-state index contributed by atoms with van der Waals surface area (Å²) in [7, 11) is 0. The molecule has 0 saturated carbocycles. The molecule has 2 amide bonds. The van der Waals surface area contributed by atoms with Gasteiger partial charge in [0, 0.05) is 0 Å². The zero-order valence-electron chi connectivity index (χ0n) is 11.6. The molecule has 0 aromatic heterocycles. The van der Waals surface area contributed by atoms with Gasteiger partial charge < -0.3 is 5.32 Å². The maximum absolute atomic E-state index is 13.2. The van der Waals surface area contributed by atoms with Crippen molar-refractivity contribution in [1.82, 2.24) is 0 Å². The average molecular weight is 378 g/mol. The van der Waals surface area contributed by atoms with Crippen LogP contribution in [0.2, 0.25) is 10.0 Å². The zero-order chi connectivity index (χ0) is 17.6. The monoisotopic (exact) mass is 377 g/mol. The molecule has 0 fully saturated rings. The number of hydrazine groups is 1. The SMILES string of the molecule is O=C1Nc2cc(Cl)c(Cl)cc2N(O)N1c1ccccc1C(F)(F)F. The van der Waals surface area contributed by atoms with E-state index < -0.39 is 23.5 Å². The first-order valence-electron chi connectivity index (χ1n) is 6.45. The van der Waals surface area contributed by atoms with Gasteiger partial charge in [0.2, 0.25) is 0 Å². The lowest BCUT2D eigenvalue weighted by molar-refractivity contribution is -0.137. The Morgan fingerprint density at radius 2 is 1.67 bits per heavy atom. The third-order valence-electron chi connectivity index (χ3n) is 3.32. The highest BCUT2D eigenvalue weighted by molar-refractivity contribution is 6.42. The van der Waals surface area contributed by atoms with E-state index in [1.807, 2.05) is 0 Å². The molecular formula is C14H8Cl2F3N3O2. The van der Waals surface area contributed by atoms with Crippen LogP contribution in [0.5, 0.6) is 0 Å². The topological polar surface area (TPSA) is 55.8 Å². The maximum Gasteiger partial charge on any atom is 0.418 e. The predicted octanol–water partition coefficient (Wildman–Crippen LogP) is 5.17. The molecule has 2 aromatic carbocycles. The van der Waals surface area contributed by atoms with Gasteiger partial charge in [-0.3, -0.25) is 5.21 Å². The van der Waals surface area contributed by atoms with E-state index in [1.165, 1.54) is 24.3 Å². The van der Waals surface area contributed by atoms with Crippen molar-refractivity contribution >= 4 is 46.3 Å². The van der Waals surface area contributed by atoms with Crippen molar-refractivity contribution in [1.29, 1.82) is 0 Å². The van der Waals surface area contributed by atoms with E-state index >= 15 is 0 Å². The number of halogens is 5. The lowest BCUT2D eigenvalue weighted by Gasteiger charge is -2.37. The van der Waals surface area contributed by atoms with Crippen molar-refractivity contribution in [2.75, 3.05) is 15.5 Å². The molecule has 0 bridgehead atoms. The van der Waals surface area contributed by atoms with Gasteiger partial charge in [0.25, 0.3) is 0 Å². The van der Waals surface area contributed by atoms with Crippen LogP contribution in [-0.4, -0.2) is 11.2 Å². The van der Waals surface area contributed by atoms with Gasteiger partial charge in [0.05, 0.1) is 27.0 Å². The van der Waals surface area contributed by atoms with Gasteiger partial charge >= 0.3 is 12.2 Å². The number of urea groups is 1. The number of alkyl halides is 3. The van der Waals surface area contributed by atoms with Crippen LogP contribution in [0.1, 0.15) is 5.56 Å². The summed E-state index contributed by atoms with van der Waals surface area (Å²) in [5.41, 5.74) is -1.54. The number of anilines is 3. The Morgan fingerprint density at radius 3 is 2.33 bits per heavy atom. The third-order valence-corrected chi connectivity index (χ3v) is 4.04. The second kappa shape index (κ2) is 5.73. The summed E-state index contributed by atoms with van der Waals surface area (Å²) in [4.78, 5) is 12.2. The number of carbonyl (C=O) groups is 1. The number of rotatable bonds is 1. The molecule has 0 radical (unpaired) electrons. The van der Waals surface area contributed by atoms with Crippen LogP contribution in [0.25, 0.3) is 0 Å². The number of benzene rings is 2. The fraction of sp³-hybridized carbons (Fsp3) is 0.0714. The number of carbonyl (C=O) groups excluding carboxylic acids is 1. The number of nitrogens with zero attached hydrogens (tertiary/aromatic N) is 2. The Morgan fingerprint density at radius 1 is 1.04 bits per heavy atom. The van der Waals surface area contributed by atoms with Crippen molar-refractivity contribution < 1.29 is 23.2 Å². The predicted molar refractivity (Wildman–Crippen MR) is 83.7 cm³/mol. The first-order chi connectivity index (χ1) is 11.2. The highest BCUT2D eigenvalue weighted by Gasteiger charge is 2.39. The quantitative estimate of drug-likeness (QED) is 0.720. The second-order valence-corrected chi connectivity index (χ2v) is 5.64. The third kappa shape index (κ3) is 2.72. The largest absolute Gasteiger partial charge is 0.418 e. The van der Waals surface area contributed by atoms with Crippen LogP contribution in [0, 0.1) is 0 Å². The first kappa shape index (κ1) is 16.7. The van der Waals surface area contributed by atoms with Crippen LogP contribution in [0.15, 0.2) is 36.4 Å². The van der Waals surface area contributed by atoms with E-state index in [4.69, 9.17) is 23.2 Å². The molecular weight excluding hydrogens is 370 g/mol. The van der Waals surface area contributed by atoms with E-state index in [1.54, 1.807) is 0 Å². The van der Waals surface area contributed by atoms with Gasteiger partial charge in [0.1, 0.15) is 5.69 Å². The summed E-state index contributed by atoms with van der Waals surface area (Å²) in [6.45, 7) is 0. The molecule has 2 aromatic rings. The molecule has 1 heterocycles. The van der Waals surface area contributed by atoms with Gasteiger partial charge in [-0.05, 0) is 24.3 Å². The zero-order valence-corrected chi connectivity index (χ0v) is 13.1. The minimum absolute atomic E-state index is 0.0269. The highest BCUT2D eigenvalue weighted by atomic mass is 35.5. The van der Waals surface area contributed by atoms with Crippen LogP contribution in [0.3, 0.4) is 0 Å². The first-order valence-corrected chi connectivity index (χ1v) is 7.21. The molecule has 1 aliphatic rings. The molecule has 0 aliphatic carbocycles. The second-order valence-electron chi connectivity index (χ2n) is 4.83. The maximum atomic E-state index is 13.2. The number of amides is 2. The number of hydrogen-bond donors (Lipinski definition) is 2. The lowest BCUT2D eigenvalue weighted by Crippen LogP contribution is -2.51. The van der Waals surface area contributed by atoms with E-state index in [-0.39, 0.29) is 21.4 Å². The number of nitrogens with one attached hydrogen (secondary N) is 1. The Labute approximate surface area is 143 Å². The van der Waals surface area contributed by atoms with E-state index in [9.17, 15) is 23.2 Å². The molecule has 0 saturated heterocycles. The van der Waals surface area contributed by atoms with Crippen molar-refractivity contribution in [3.63, 3.8) is 0 Å². The Balaban J connectivity index is 2.14. The van der Waals surface area contributed by atoms with Crippen molar-refractivity contribution in [2.45, 2.75) is 6.18 Å². The summed E-state index contributed by atoms with van der Waals surface area (Å²) in [5.74, 6) is 0. The summed E-state index contributed by atoms with van der Waals surface area (Å²) in [5, 5.41) is 13.6. The van der Waals surface area contributed by atoms with E-state index in [0.717, 1.165) is 12.1 Å². The molecule has 0 unspecified atom stereocenters. The van der Waals surface area contributed by atoms with Crippen LogP contribution in [0.4, 0.5) is 35.0 Å². The van der Waals surface area contributed by atoms with E-state index in [2.05, 4.69) is 5.32 Å². The smallest absolute Gasteiger partial charge is 0.304 e. The van der Waals surface area contributed by atoms with Gasteiger partial charge in [-0.25, -0.2) is 4.79 Å². The van der Waals surface area contributed by atoms with Crippen molar-refractivity contribution in [2.24, 2.45) is 0 Å². The molecule has 24 heavy (non-hydrogen) atoms.